The van der Waals surface area contributed by atoms with Crippen molar-refractivity contribution in [1.29, 1.82) is 5.26 Å². The molecule has 0 aliphatic heterocycles. The van der Waals surface area contributed by atoms with Gasteiger partial charge in [-0.05, 0) is 18.6 Å². The highest BCUT2D eigenvalue weighted by Crippen LogP contribution is 2.28. The number of rotatable bonds is 7. The highest BCUT2D eigenvalue weighted by atomic mass is 19.1. The first-order valence-electron chi connectivity index (χ1n) is 6.26. The van der Waals surface area contributed by atoms with Gasteiger partial charge in [-0.3, -0.25) is 0 Å². The molecule has 2 N–H and O–H groups in total. The maximum Gasteiger partial charge on any atom is 0.146 e. The molecule has 0 spiro atoms. The smallest absolute Gasteiger partial charge is 0.146 e. The average molecular weight is 265 g/mol. The lowest BCUT2D eigenvalue weighted by molar-refractivity contribution is 0.205. The SMILES string of the molecule is COCCN(CCC#N)c1c(F)cccc1C(C)N. The number of benzene rings is 1. The Labute approximate surface area is 113 Å². The number of hydrogen-bond acceptors (Lipinski definition) is 4. The number of nitrogens with two attached hydrogens (primary N) is 1. The minimum atomic E-state index is -0.316. The van der Waals surface area contributed by atoms with E-state index in [1.165, 1.54) is 6.07 Å². The monoisotopic (exact) mass is 265 g/mol. The van der Waals surface area contributed by atoms with E-state index in [1.54, 1.807) is 13.2 Å². The Bertz CT molecular complexity index is 443. The summed E-state index contributed by atoms with van der Waals surface area (Å²) in [6.45, 7) is 3.27. The molecule has 1 atom stereocenters. The summed E-state index contributed by atoms with van der Waals surface area (Å²) < 4.78 is 19.1. The Kier molecular flexibility index (Phi) is 6.26. The number of para-hydroxylation sites is 1. The third-order valence-corrected chi connectivity index (χ3v) is 2.88. The minimum Gasteiger partial charge on any atom is -0.383 e. The number of methoxy groups -OCH3 is 1. The maximum absolute atomic E-state index is 14.1. The molecule has 0 saturated carbocycles. The fourth-order valence-corrected chi connectivity index (χ4v) is 1.95. The lowest BCUT2D eigenvalue weighted by atomic mass is 10.0. The van der Waals surface area contributed by atoms with Gasteiger partial charge >= 0.3 is 0 Å². The molecular formula is C14H20FN3O. The van der Waals surface area contributed by atoms with Crippen molar-refractivity contribution in [1.82, 2.24) is 0 Å². The Morgan fingerprint density at radius 1 is 1.47 bits per heavy atom. The van der Waals surface area contributed by atoms with Crippen molar-refractivity contribution < 1.29 is 9.13 Å². The summed E-state index contributed by atoms with van der Waals surface area (Å²) in [4.78, 5) is 1.82. The quantitative estimate of drug-likeness (QED) is 0.821. The Morgan fingerprint density at radius 2 is 2.21 bits per heavy atom. The molecule has 19 heavy (non-hydrogen) atoms. The van der Waals surface area contributed by atoms with Gasteiger partial charge in [-0.2, -0.15) is 5.26 Å². The van der Waals surface area contributed by atoms with Gasteiger partial charge in [-0.15, -0.1) is 0 Å². The van der Waals surface area contributed by atoms with Crippen LogP contribution in [0.15, 0.2) is 18.2 Å². The molecule has 104 valence electrons. The molecule has 4 nitrogen and oxygen atoms in total. The first-order valence-corrected chi connectivity index (χ1v) is 6.26. The number of hydrogen-bond donors (Lipinski definition) is 1. The van der Waals surface area contributed by atoms with Gasteiger partial charge < -0.3 is 15.4 Å². The zero-order valence-corrected chi connectivity index (χ0v) is 11.4. The first-order chi connectivity index (χ1) is 9.11. The van der Waals surface area contributed by atoms with E-state index in [4.69, 9.17) is 15.7 Å². The van der Waals surface area contributed by atoms with Gasteiger partial charge in [0, 0.05) is 26.2 Å². The van der Waals surface area contributed by atoms with E-state index in [0.29, 0.717) is 31.8 Å². The molecular weight excluding hydrogens is 245 g/mol. The molecule has 0 radical (unpaired) electrons. The van der Waals surface area contributed by atoms with E-state index < -0.39 is 0 Å². The normalized spacial score (nSPS) is 11.9. The van der Waals surface area contributed by atoms with Gasteiger partial charge in [0.05, 0.1) is 24.8 Å². The summed E-state index contributed by atoms with van der Waals surface area (Å²) >= 11 is 0. The molecule has 0 heterocycles. The van der Waals surface area contributed by atoms with Crippen LogP contribution in [0, 0.1) is 17.1 Å². The van der Waals surface area contributed by atoms with Gasteiger partial charge in [-0.1, -0.05) is 12.1 Å². The highest BCUT2D eigenvalue weighted by Gasteiger charge is 2.17. The summed E-state index contributed by atoms with van der Waals surface area (Å²) in [6.07, 6.45) is 0.330. The number of nitriles is 1. The average Bonchev–Trinajstić information content (AvgIpc) is 2.39. The largest absolute Gasteiger partial charge is 0.383 e. The standard InChI is InChI=1S/C14H20FN3O/c1-11(17)12-5-3-6-13(15)14(12)18(8-4-7-16)9-10-19-2/h3,5-6,11H,4,8-10,17H2,1-2H3. The zero-order chi connectivity index (χ0) is 14.3. The number of nitrogens with zero attached hydrogens (tertiary/aromatic N) is 2. The second kappa shape index (κ2) is 7.72. The molecule has 1 unspecified atom stereocenters. The molecule has 5 heteroatoms. The third-order valence-electron chi connectivity index (χ3n) is 2.88. The summed E-state index contributed by atoms with van der Waals surface area (Å²) in [5.74, 6) is -0.316. The third kappa shape index (κ3) is 4.19. The van der Waals surface area contributed by atoms with Crippen LogP contribution in [0.4, 0.5) is 10.1 Å². The van der Waals surface area contributed by atoms with Crippen molar-refractivity contribution in [3.63, 3.8) is 0 Å². The van der Waals surface area contributed by atoms with Gasteiger partial charge in [-0.25, -0.2) is 4.39 Å². The topological polar surface area (TPSA) is 62.3 Å². The number of anilines is 1. The number of halogens is 1. The Balaban J connectivity index is 3.09. The summed E-state index contributed by atoms with van der Waals surface area (Å²) in [5, 5.41) is 8.71. The van der Waals surface area contributed by atoms with Crippen LogP contribution in [-0.2, 0) is 4.74 Å². The summed E-state index contributed by atoms with van der Waals surface area (Å²) in [6, 6.07) is 6.68. The van der Waals surface area contributed by atoms with E-state index >= 15 is 0 Å². The predicted molar refractivity (Wildman–Crippen MR) is 73.3 cm³/mol. The van der Waals surface area contributed by atoms with E-state index in [1.807, 2.05) is 17.9 Å². The lowest BCUT2D eigenvalue weighted by Crippen LogP contribution is -2.30. The first kappa shape index (κ1) is 15.4. The molecule has 0 fully saturated rings. The van der Waals surface area contributed by atoms with E-state index in [9.17, 15) is 4.39 Å². The van der Waals surface area contributed by atoms with Crippen LogP contribution in [0.2, 0.25) is 0 Å². The predicted octanol–water partition coefficient (Wildman–Crippen LogP) is 2.21. The molecule has 0 amide bonds. The van der Waals surface area contributed by atoms with Crippen LogP contribution in [0.1, 0.15) is 24.9 Å². The van der Waals surface area contributed by atoms with Crippen LogP contribution < -0.4 is 10.6 Å². The van der Waals surface area contributed by atoms with Crippen molar-refractivity contribution in [3.8, 4) is 6.07 Å². The van der Waals surface area contributed by atoms with Gasteiger partial charge in [0.1, 0.15) is 5.82 Å². The molecule has 0 aliphatic rings. The molecule has 1 aromatic carbocycles. The maximum atomic E-state index is 14.1. The number of ether oxygens (including phenoxy) is 1. The van der Waals surface area contributed by atoms with Crippen molar-refractivity contribution in [2.45, 2.75) is 19.4 Å². The summed E-state index contributed by atoms with van der Waals surface area (Å²) in [7, 11) is 1.59. The van der Waals surface area contributed by atoms with Gasteiger partial charge in [0.2, 0.25) is 0 Å². The van der Waals surface area contributed by atoms with E-state index in [0.717, 1.165) is 5.56 Å². The van der Waals surface area contributed by atoms with Crippen LogP contribution >= 0.6 is 0 Å². The molecule has 0 saturated heterocycles. The van der Waals surface area contributed by atoms with Crippen LogP contribution in [-0.4, -0.2) is 26.8 Å². The molecule has 0 bridgehead atoms. The van der Waals surface area contributed by atoms with Crippen LogP contribution in [0.5, 0.6) is 0 Å². The lowest BCUT2D eigenvalue weighted by Gasteiger charge is -2.27. The molecule has 1 rings (SSSR count). The summed E-state index contributed by atoms with van der Waals surface area (Å²) in [5.41, 5.74) is 7.11. The van der Waals surface area contributed by atoms with E-state index in [2.05, 4.69) is 6.07 Å². The molecule has 0 aliphatic carbocycles. The zero-order valence-electron chi connectivity index (χ0n) is 11.4. The van der Waals surface area contributed by atoms with Crippen LogP contribution in [0.25, 0.3) is 0 Å². The Hall–Kier alpha value is -1.64. The molecule has 0 aromatic heterocycles. The van der Waals surface area contributed by atoms with Crippen molar-refractivity contribution >= 4 is 5.69 Å². The fourth-order valence-electron chi connectivity index (χ4n) is 1.95. The highest BCUT2D eigenvalue weighted by molar-refractivity contribution is 5.56. The second-order valence-electron chi connectivity index (χ2n) is 4.35. The van der Waals surface area contributed by atoms with Crippen LogP contribution in [0.3, 0.4) is 0 Å². The van der Waals surface area contributed by atoms with E-state index in [-0.39, 0.29) is 11.9 Å². The fraction of sp³-hybridized carbons (Fsp3) is 0.500. The van der Waals surface area contributed by atoms with Crippen molar-refractivity contribution in [2.75, 3.05) is 31.7 Å². The van der Waals surface area contributed by atoms with Crippen molar-refractivity contribution in [2.24, 2.45) is 5.73 Å². The van der Waals surface area contributed by atoms with Gasteiger partial charge in [0.25, 0.3) is 0 Å². The minimum absolute atomic E-state index is 0.266. The Morgan fingerprint density at radius 3 is 2.79 bits per heavy atom. The second-order valence-corrected chi connectivity index (χ2v) is 4.35. The molecule has 1 aromatic rings. The van der Waals surface area contributed by atoms with Crippen molar-refractivity contribution in [3.05, 3.63) is 29.6 Å². The van der Waals surface area contributed by atoms with Gasteiger partial charge in [0.15, 0.2) is 0 Å².